The van der Waals surface area contributed by atoms with Crippen LogP contribution in [0.2, 0.25) is 5.02 Å². The minimum Gasteiger partial charge on any atom is -0.352 e. The molecule has 3 rings (SSSR count). The normalized spacial score (nSPS) is 11.4. The van der Waals surface area contributed by atoms with Gasteiger partial charge in [-0.05, 0) is 22.8 Å². The molecule has 26 heavy (non-hydrogen) atoms. The SMILES string of the molecule is CN=C(NCc1cccc(Cn2cncn2)c1)NCc1ccccc1Cl. The molecular weight excluding hydrogens is 348 g/mol. The van der Waals surface area contributed by atoms with E-state index in [1.54, 1.807) is 24.4 Å². The van der Waals surface area contributed by atoms with E-state index in [9.17, 15) is 0 Å². The van der Waals surface area contributed by atoms with Gasteiger partial charge in [-0.3, -0.25) is 4.99 Å². The van der Waals surface area contributed by atoms with Gasteiger partial charge in [-0.1, -0.05) is 54.1 Å². The largest absolute Gasteiger partial charge is 0.352 e. The van der Waals surface area contributed by atoms with Crippen LogP contribution in [0.25, 0.3) is 0 Å². The zero-order valence-corrected chi connectivity index (χ0v) is 15.3. The number of guanidine groups is 1. The first-order valence-corrected chi connectivity index (χ1v) is 8.70. The molecule has 0 amide bonds. The lowest BCUT2D eigenvalue weighted by atomic mass is 10.1. The molecule has 7 heteroatoms. The Morgan fingerprint density at radius 3 is 2.65 bits per heavy atom. The van der Waals surface area contributed by atoms with E-state index in [1.807, 2.05) is 30.3 Å². The first-order valence-electron chi connectivity index (χ1n) is 8.33. The molecule has 2 N–H and O–H groups in total. The minimum absolute atomic E-state index is 0.617. The van der Waals surface area contributed by atoms with E-state index in [0.717, 1.165) is 16.5 Å². The molecule has 0 unspecified atom stereocenters. The summed E-state index contributed by atoms with van der Waals surface area (Å²) in [6.45, 7) is 1.99. The van der Waals surface area contributed by atoms with Gasteiger partial charge in [0.15, 0.2) is 5.96 Å². The Labute approximate surface area is 157 Å². The number of aliphatic imine (C=N–C) groups is 1. The topological polar surface area (TPSA) is 67.1 Å². The molecule has 134 valence electrons. The number of rotatable bonds is 6. The van der Waals surface area contributed by atoms with Crippen molar-refractivity contribution in [2.24, 2.45) is 4.99 Å². The molecule has 0 atom stereocenters. The van der Waals surface area contributed by atoms with Crippen molar-refractivity contribution in [2.45, 2.75) is 19.6 Å². The summed E-state index contributed by atoms with van der Waals surface area (Å²) in [5, 5.41) is 11.5. The third-order valence-electron chi connectivity index (χ3n) is 3.89. The van der Waals surface area contributed by atoms with Crippen LogP contribution < -0.4 is 10.6 Å². The van der Waals surface area contributed by atoms with Gasteiger partial charge in [0.05, 0.1) is 6.54 Å². The lowest BCUT2D eigenvalue weighted by molar-refractivity contribution is 0.683. The standard InChI is InChI=1S/C19H21ClN6/c1-21-19(24-11-17-7-2-3-8-18(17)20)23-10-15-5-4-6-16(9-15)12-26-14-22-13-25-26/h2-9,13-14H,10-12H2,1H3,(H2,21,23,24). The number of hydrogen-bond acceptors (Lipinski definition) is 3. The van der Waals surface area contributed by atoms with Crippen molar-refractivity contribution < 1.29 is 0 Å². The second-order valence-electron chi connectivity index (χ2n) is 5.78. The fourth-order valence-corrected chi connectivity index (χ4v) is 2.77. The van der Waals surface area contributed by atoms with Gasteiger partial charge in [0.1, 0.15) is 12.7 Å². The van der Waals surface area contributed by atoms with E-state index in [-0.39, 0.29) is 0 Å². The van der Waals surface area contributed by atoms with Gasteiger partial charge in [0.2, 0.25) is 0 Å². The highest BCUT2D eigenvalue weighted by Gasteiger charge is 2.03. The van der Waals surface area contributed by atoms with E-state index < -0.39 is 0 Å². The fraction of sp³-hybridized carbons (Fsp3) is 0.211. The zero-order valence-electron chi connectivity index (χ0n) is 14.6. The minimum atomic E-state index is 0.617. The molecule has 0 saturated heterocycles. The molecule has 0 bridgehead atoms. The van der Waals surface area contributed by atoms with Gasteiger partial charge in [0.25, 0.3) is 0 Å². The number of benzene rings is 2. The Bertz CT molecular complexity index is 860. The number of nitrogens with one attached hydrogen (secondary N) is 2. The van der Waals surface area contributed by atoms with E-state index >= 15 is 0 Å². The fourth-order valence-electron chi connectivity index (χ4n) is 2.57. The van der Waals surface area contributed by atoms with Crippen LogP contribution in [0.4, 0.5) is 0 Å². The van der Waals surface area contributed by atoms with Crippen molar-refractivity contribution >= 4 is 17.6 Å². The summed E-state index contributed by atoms with van der Waals surface area (Å²) in [7, 11) is 1.75. The maximum Gasteiger partial charge on any atom is 0.191 e. The first-order chi connectivity index (χ1) is 12.7. The van der Waals surface area contributed by atoms with Gasteiger partial charge in [-0.25, -0.2) is 9.67 Å². The van der Waals surface area contributed by atoms with Gasteiger partial charge >= 0.3 is 0 Å². The molecule has 6 nitrogen and oxygen atoms in total. The summed E-state index contributed by atoms with van der Waals surface area (Å²) >= 11 is 6.19. The van der Waals surface area contributed by atoms with Crippen LogP contribution >= 0.6 is 11.6 Å². The number of nitrogens with zero attached hydrogens (tertiary/aromatic N) is 4. The van der Waals surface area contributed by atoms with Crippen molar-refractivity contribution in [1.29, 1.82) is 0 Å². The number of hydrogen-bond donors (Lipinski definition) is 2. The highest BCUT2D eigenvalue weighted by Crippen LogP contribution is 2.14. The van der Waals surface area contributed by atoms with Gasteiger partial charge in [-0.2, -0.15) is 5.10 Å². The average molecular weight is 369 g/mol. The summed E-state index contributed by atoms with van der Waals surface area (Å²) in [5.74, 6) is 0.728. The molecular formula is C19H21ClN6. The highest BCUT2D eigenvalue weighted by molar-refractivity contribution is 6.31. The third kappa shape index (κ3) is 5.07. The maximum absolute atomic E-state index is 6.19. The molecule has 0 aliphatic rings. The van der Waals surface area contributed by atoms with Crippen molar-refractivity contribution in [3.05, 3.63) is 82.9 Å². The number of aromatic nitrogens is 3. The Balaban J connectivity index is 1.54. The van der Waals surface area contributed by atoms with Crippen LogP contribution in [0.15, 0.2) is 66.2 Å². The molecule has 2 aromatic carbocycles. The molecule has 3 aromatic rings. The van der Waals surface area contributed by atoms with Crippen LogP contribution in [0.1, 0.15) is 16.7 Å². The van der Waals surface area contributed by atoms with Crippen molar-refractivity contribution in [3.63, 3.8) is 0 Å². The molecule has 1 heterocycles. The predicted octanol–water partition coefficient (Wildman–Crippen LogP) is 2.85. The van der Waals surface area contributed by atoms with E-state index in [0.29, 0.717) is 19.6 Å². The van der Waals surface area contributed by atoms with Gasteiger partial charge in [0, 0.05) is 25.2 Å². The van der Waals surface area contributed by atoms with E-state index in [2.05, 4.69) is 43.9 Å². The third-order valence-corrected chi connectivity index (χ3v) is 4.26. The quantitative estimate of drug-likeness (QED) is 0.518. The maximum atomic E-state index is 6.19. The van der Waals surface area contributed by atoms with Gasteiger partial charge < -0.3 is 10.6 Å². The van der Waals surface area contributed by atoms with Crippen LogP contribution in [0.3, 0.4) is 0 Å². The zero-order chi connectivity index (χ0) is 18.2. The summed E-state index contributed by atoms with van der Waals surface area (Å²) < 4.78 is 1.80. The molecule has 0 aliphatic heterocycles. The van der Waals surface area contributed by atoms with E-state index in [1.165, 1.54) is 11.1 Å². The molecule has 0 radical (unpaired) electrons. The highest BCUT2D eigenvalue weighted by atomic mass is 35.5. The van der Waals surface area contributed by atoms with Crippen molar-refractivity contribution in [2.75, 3.05) is 7.05 Å². The number of halogens is 1. The Kier molecular flexibility index (Phi) is 6.22. The van der Waals surface area contributed by atoms with Crippen LogP contribution in [0.5, 0.6) is 0 Å². The molecule has 0 aliphatic carbocycles. The van der Waals surface area contributed by atoms with Crippen LogP contribution in [0, 0.1) is 0 Å². The summed E-state index contributed by atoms with van der Waals surface area (Å²) in [6.07, 6.45) is 3.26. The van der Waals surface area contributed by atoms with Crippen LogP contribution in [-0.4, -0.2) is 27.8 Å². The second-order valence-corrected chi connectivity index (χ2v) is 6.19. The Morgan fingerprint density at radius 1 is 1.08 bits per heavy atom. The smallest absolute Gasteiger partial charge is 0.191 e. The first kappa shape index (κ1) is 17.9. The van der Waals surface area contributed by atoms with E-state index in [4.69, 9.17) is 11.6 Å². The molecule has 0 spiro atoms. The molecule has 0 fully saturated rings. The Morgan fingerprint density at radius 2 is 1.88 bits per heavy atom. The average Bonchev–Trinajstić information content (AvgIpc) is 3.16. The van der Waals surface area contributed by atoms with Crippen LogP contribution in [-0.2, 0) is 19.6 Å². The van der Waals surface area contributed by atoms with Gasteiger partial charge in [-0.15, -0.1) is 0 Å². The second kappa shape index (κ2) is 9.01. The predicted molar refractivity (Wildman–Crippen MR) is 104 cm³/mol. The molecule has 1 aromatic heterocycles. The lowest BCUT2D eigenvalue weighted by Gasteiger charge is -2.13. The summed E-state index contributed by atoms with van der Waals surface area (Å²) in [4.78, 5) is 8.23. The lowest BCUT2D eigenvalue weighted by Crippen LogP contribution is -2.36. The monoisotopic (exact) mass is 368 g/mol. The summed E-state index contributed by atoms with van der Waals surface area (Å²) in [6, 6.07) is 16.1. The summed E-state index contributed by atoms with van der Waals surface area (Å²) in [5.41, 5.74) is 3.38. The van der Waals surface area contributed by atoms with Crippen molar-refractivity contribution in [1.82, 2.24) is 25.4 Å². The van der Waals surface area contributed by atoms with Crippen molar-refractivity contribution in [3.8, 4) is 0 Å². The molecule has 0 saturated carbocycles. The Hall–Kier alpha value is -2.86.